The van der Waals surface area contributed by atoms with Gasteiger partial charge in [0, 0.05) is 17.7 Å². The molecule has 0 unspecified atom stereocenters. The highest BCUT2D eigenvalue weighted by Crippen LogP contribution is 2.25. The number of hydrogen-bond acceptors (Lipinski definition) is 6. The van der Waals surface area contributed by atoms with Gasteiger partial charge in [-0.15, -0.1) is 10.2 Å². The van der Waals surface area contributed by atoms with E-state index in [0.29, 0.717) is 0 Å². The molecule has 1 aliphatic rings. The molecule has 122 valence electrons. The van der Waals surface area contributed by atoms with E-state index in [1.807, 2.05) is 22.9 Å². The van der Waals surface area contributed by atoms with E-state index in [9.17, 15) is 0 Å². The van der Waals surface area contributed by atoms with Crippen molar-refractivity contribution in [3.8, 4) is 5.75 Å². The number of nitrogens with zero attached hydrogens (tertiary/aromatic N) is 4. The van der Waals surface area contributed by atoms with Gasteiger partial charge in [0.05, 0.1) is 12.8 Å². The summed E-state index contributed by atoms with van der Waals surface area (Å²) in [6, 6.07) is 7.98. The van der Waals surface area contributed by atoms with E-state index in [4.69, 9.17) is 15.6 Å². The number of methoxy groups -OCH3 is 1. The van der Waals surface area contributed by atoms with Crippen LogP contribution in [0, 0.1) is 0 Å². The normalized spacial score (nSPS) is 13.6. The van der Waals surface area contributed by atoms with Crippen molar-refractivity contribution in [3.05, 3.63) is 35.7 Å². The van der Waals surface area contributed by atoms with Crippen LogP contribution < -0.4 is 10.5 Å². The van der Waals surface area contributed by atoms with Gasteiger partial charge in [0.2, 0.25) is 5.16 Å². The van der Waals surface area contributed by atoms with E-state index in [-0.39, 0.29) is 0 Å². The molecule has 6 nitrogen and oxygen atoms in total. The smallest absolute Gasteiger partial charge is 0.212 e. The average Bonchev–Trinajstić information content (AvgIpc) is 3.01. The van der Waals surface area contributed by atoms with Crippen LogP contribution in [0.1, 0.15) is 30.7 Å². The molecule has 0 saturated heterocycles. The molecule has 7 heteroatoms. The predicted octanol–water partition coefficient (Wildman–Crippen LogP) is 2.32. The molecule has 2 N–H and O–H groups in total. The third kappa shape index (κ3) is 3.73. The molecule has 1 aliphatic heterocycles. The largest absolute Gasteiger partial charge is 0.497 e. The van der Waals surface area contributed by atoms with Crippen LogP contribution in [0.4, 0.5) is 0 Å². The van der Waals surface area contributed by atoms with Crippen molar-refractivity contribution >= 4 is 17.5 Å². The molecule has 0 fully saturated rings. The SMILES string of the molecule is COc1cccc(C2=Nn3c(CCCCCN)nnc3SC2)c1. The molecule has 0 atom stereocenters. The summed E-state index contributed by atoms with van der Waals surface area (Å²) in [4.78, 5) is 0. The van der Waals surface area contributed by atoms with E-state index < -0.39 is 0 Å². The molecule has 23 heavy (non-hydrogen) atoms. The number of nitrogens with two attached hydrogens (primary N) is 1. The molecule has 0 saturated carbocycles. The van der Waals surface area contributed by atoms with Gasteiger partial charge in [0.1, 0.15) is 5.75 Å². The molecule has 1 aromatic carbocycles. The zero-order valence-corrected chi connectivity index (χ0v) is 14.1. The summed E-state index contributed by atoms with van der Waals surface area (Å²) in [7, 11) is 1.67. The number of rotatable bonds is 7. The van der Waals surface area contributed by atoms with Gasteiger partial charge in [0.25, 0.3) is 0 Å². The van der Waals surface area contributed by atoms with Crippen molar-refractivity contribution in [3.63, 3.8) is 0 Å². The summed E-state index contributed by atoms with van der Waals surface area (Å²) in [5.41, 5.74) is 7.63. The predicted molar refractivity (Wildman–Crippen MR) is 92.3 cm³/mol. The Morgan fingerprint density at radius 1 is 1.26 bits per heavy atom. The van der Waals surface area contributed by atoms with Gasteiger partial charge >= 0.3 is 0 Å². The van der Waals surface area contributed by atoms with Crippen molar-refractivity contribution < 1.29 is 4.74 Å². The van der Waals surface area contributed by atoms with Crippen molar-refractivity contribution in [2.24, 2.45) is 10.8 Å². The molecule has 0 spiro atoms. The third-order valence-corrected chi connectivity index (χ3v) is 4.67. The summed E-state index contributed by atoms with van der Waals surface area (Å²) in [5, 5.41) is 14.1. The summed E-state index contributed by atoms with van der Waals surface area (Å²) in [6.07, 6.45) is 4.10. The summed E-state index contributed by atoms with van der Waals surface area (Å²) < 4.78 is 7.18. The van der Waals surface area contributed by atoms with Crippen molar-refractivity contribution in [2.75, 3.05) is 19.4 Å². The van der Waals surface area contributed by atoms with Crippen LogP contribution in [0.3, 0.4) is 0 Å². The summed E-state index contributed by atoms with van der Waals surface area (Å²) >= 11 is 1.67. The Hall–Kier alpha value is -1.86. The molecule has 3 rings (SSSR count). The lowest BCUT2D eigenvalue weighted by molar-refractivity contribution is 0.414. The standard InChI is InChI=1S/C16H21N5OS/c1-22-13-7-5-6-12(10-13)14-11-23-16-19-18-15(21(16)20-14)8-3-2-4-9-17/h5-7,10H,2-4,8-9,11,17H2,1H3. The summed E-state index contributed by atoms with van der Waals surface area (Å²) in [5.74, 6) is 2.55. The zero-order valence-electron chi connectivity index (χ0n) is 13.2. The fourth-order valence-corrected chi connectivity index (χ4v) is 3.33. The Bertz CT molecular complexity index is 698. The first-order chi connectivity index (χ1) is 11.3. The van der Waals surface area contributed by atoms with E-state index in [1.54, 1.807) is 18.9 Å². The topological polar surface area (TPSA) is 78.3 Å². The summed E-state index contributed by atoms with van der Waals surface area (Å²) in [6.45, 7) is 0.742. The number of hydrogen-bond donors (Lipinski definition) is 1. The lowest BCUT2D eigenvalue weighted by Gasteiger charge is -2.14. The van der Waals surface area contributed by atoms with Gasteiger partial charge in [-0.2, -0.15) is 9.78 Å². The van der Waals surface area contributed by atoms with Gasteiger partial charge in [-0.25, -0.2) is 0 Å². The highest BCUT2D eigenvalue weighted by molar-refractivity contribution is 7.99. The molecular weight excluding hydrogens is 310 g/mol. The third-order valence-electron chi connectivity index (χ3n) is 3.74. The Morgan fingerprint density at radius 3 is 3.00 bits per heavy atom. The molecule has 0 radical (unpaired) electrons. The molecular formula is C16H21N5OS. The Morgan fingerprint density at radius 2 is 2.17 bits per heavy atom. The Kier molecular flexibility index (Phi) is 5.30. The number of ether oxygens (including phenoxy) is 1. The van der Waals surface area contributed by atoms with Crippen molar-refractivity contribution in [1.82, 2.24) is 14.9 Å². The van der Waals surface area contributed by atoms with E-state index >= 15 is 0 Å². The molecule has 1 aromatic heterocycles. The van der Waals surface area contributed by atoms with Crippen LogP contribution in [-0.2, 0) is 6.42 Å². The average molecular weight is 331 g/mol. The number of fused-ring (bicyclic) bond motifs is 1. The molecule has 0 amide bonds. The minimum atomic E-state index is 0.742. The van der Waals surface area contributed by atoms with Crippen LogP contribution in [-0.4, -0.2) is 40.0 Å². The van der Waals surface area contributed by atoms with E-state index in [2.05, 4.69) is 16.3 Å². The molecule has 2 aromatic rings. The maximum Gasteiger partial charge on any atom is 0.212 e. The fourth-order valence-electron chi connectivity index (χ4n) is 2.47. The second-order valence-electron chi connectivity index (χ2n) is 5.38. The lowest BCUT2D eigenvalue weighted by atomic mass is 10.1. The van der Waals surface area contributed by atoms with Crippen LogP contribution in [0.25, 0.3) is 0 Å². The number of thioether (sulfide) groups is 1. The first kappa shape index (κ1) is 16.0. The van der Waals surface area contributed by atoms with Crippen LogP contribution in [0.5, 0.6) is 5.75 Å². The van der Waals surface area contributed by atoms with Gasteiger partial charge in [0.15, 0.2) is 5.82 Å². The highest BCUT2D eigenvalue weighted by atomic mass is 32.2. The maximum atomic E-state index is 5.54. The van der Waals surface area contributed by atoms with Gasteiger partial charge in [-0.05, 0) is 31.5 Å². The van der Waals surface area contributed by atoms with Crippen LogP contribution in [0.15, 0.2) is 34.5 Å². The maximum absolute atomic E-state index is 5.54. The second-order valence-corrected chi connectivity index (χ2v) is 6.32. The fraction of sp³-hybridized carbons (Fsp3) is 0.438. The highest BCUT2D eigenvalue weighted by Gasteiger charge is 2.19. The second kappa shape index (κ2) is 7.61. The Balaban J connectivity index is 1.80. The van der Waals surface area contributed by atoms with Crippen molar-refractivity contribution in [2.45, 2.75) is 30.8 Å². The number of benzene rings is 1. The number of aryl methyl sites for hydroxylation is 1. The zero-order chi connectivity index (χ0) is 16.1. The van der Waals surface area contributed by atoms with Crippen molar-refractivity contribution in [1.29, 1.82) is 0 Å². The first-order valence-electron chi connectivity index (χ1n) is 7.81. The molecule has 2 heterocycles. The van der Waals surface area contributed by atoms with Gasteiger partial charge < -0.3 is 10.5 Å². The van der Waals surface area contributed by atoms with E-state index in [0.717, 1.165) is 66.0 Å². The molecule has 0 aliphatic carbocycles. The quantitative estimate of drug-likeness (QED) is 0.788. The minimum absolute atomic E-state index is 0.742. The molecule has 0 bridgehead atoms. The number of aromatic nitrogens is 3. The Labute approximate surface area is 140 Å². The van der Waals surface area contributed by atoms with Crippen LogP contribution in [0.2, 0.25) is 0 Å². The number of unbranched alkanes of at least 4 members (excludes halogenated alkanes) is 2. The lowest BCUT2D eigenvalue weighted by Crippen LogP contribution is -2.14. The first-order valence-corrected chi connectivity index (χ1v) is 8.80. The minimum Gasteiger partial charge on any atom is -0.497 e. The van der Waals surface area contributed by atoms with Gasteiger partial charge in [-0.1, -0.05) is 30.3 Å². The monoisotopic (exact) mass is 331 g/mol. The van der Waals surface area contributed by atoms with Gasteiger partial charge in [-0.3, -0.25) is 0 Å². The van der Waals surface area contributed by atoms with Crippen LogP contribution >= 0.6 is 11.8 Å². The van der Waals surface area contributed by atoms with E-state index in [1.165, 1.54) is 0 Å².